The molecule has 15 heteroatoms. The Hall–Kier alpha value is -4.76. The molecule has 7 rings (SSSR count). The molecule has 4 amide bonds. The van der Waals surface area contributed by atoms with Crippen LogP contribution in [-0.4, -0.2) is 94.2 Å². The first-order valence-electron chi connectivity index (χ1n) is 16.9. The number of hydrogen-bond acceptors (Lipinski definition) is 9. The van der Waals surface area contributed by atoms with E-state index >= 15 is 0 Å². The van der Waals surface area contributed by atoms with E-state index in [4.69, 9.17) is 28.5 Å². The number of hydrogen-bond donors (Lipinski definition) is 2. The number of amides is 4. The molecule has 1 aromatic heterocycles. The number of methoxy groups -OCH3 is 1. The number of nitrogens with one attached hydrogen (secondary N) is 2. The van der Waals surface area contributed by atoms with Crippen molar-refractivity contribution >= 4 is 30.6 Å². The number of urea groups is 1. The van der Waals surface area contributed by atoms with Crippen molar-refractivity contribution in [2.45, 2.75) is 77.9 Å². The third-order valence-corrected chi connectivity index (χ3v) is 10.4. The number of imidazole rings is 1. The Morgan fingerprint density at radius 3 is 2.40 bits per heavy atom. The first-order valence-corrected chi connectivity index (χ1v) is 16.9. The Morgan fingerprint density at radius 1 is 1.00 bits per heavy atom. The molecule has 2 saturated heterocycles. The Bertz CT molecular complexity index is 1790. The average molecular weight is 687 g/mol. The van der Waals surface area contributed by atoms with Crippen molar-refractivity contribution in [3.05, 3.63) is 59.5 Å². The molecule has 1 unspecified atom stereocenters. The molecule has 4 aliphatic heterocycles. The van der Waals surface area contributed by atoms with Gasteiger partial charge in [-0.3, -0.25) is 4.79 Å². The number of carbonyl (C=O) groups excluding carboxylic acids is 3. The molecule has 0 aliphatic carbocycles. The van der Waals surface area contributed by atoms with Crippen LogP contribution in [0.2, 0.25) is 0 Å². The number of nitrogens with zero attached hydrogens (tertiary/aromatic N) is 4. The molecule has 0 saturated carbocycles. The summed E-state index contributed by atoms with van der Waals surface area (Å²) in [6, 6.07) is 9.95. The highest BCUT2D eigenvalue weighted by atomic mass is 16.7. The van der Waals surface area contributed by atoms with Crippen molar-refractivity contribution in [1.29, 1.82) is 0 Å². The largest absolute Gasteiger partial charge is 0.494 e. The third-order valence-electron chi connectivity index (χ3n) is 10.4. The van der Waals surface area contributed by atoms with Crippen molar-refractivity contribution in [3.8, 4) is 22.8 Å². The Morgan fingerprint density at radius 2 is 1.72 bits per heavy atom. The van der Waals surface area contributed by atoms with Crippen LogP contribution < -0.4 is 20.3 Å². The van der Waals surface area contributed by atoms with Gasteiger partial charge in [-0.2, -0.15) is 0 Å². The quantitative estimate of drug-likeness (QED) is 0.370. The number of alkyl carbamates (subject to hydrolysis) is 1. The lowest BCUT2D eigenvalue weighted by Gasteiger charge is -2.32. The van der Waals surface area contributed by atoms with Gasteiger partial charge in [0.2, 0.25) is 12.7 Å². The van der Waals surface area contributed by atoms with Crippen LogP contribution in [0.15, 0.2) is 42.6 Å². The van der Waals surface area contributed by atoms with E-state index in [1.54, 1.807) is 20.9 Å². The van der Waals surface area contributed by atoms with Crippen molar-refractivity contribution in [2.75, 3.05) is 27.1 Å². The fraction of sp³-hybridized carbons (Fsp3) is 0.486. The molecule has 2 atom stereocenters. The zero-order chi connectivity index (χ0) is 35.5. The lowest BCUT2D eigenvalue weighted by Crippen LogP contribution is -2.52. The van der Waals surface area contributed by atoms with Gasteiger partial charge in [0, 0.05) is 23.9 Å². The van der Waals surface area contributed by atoms with Crippen molar-refractivity contribution in [3.63, 3.8) is 0 Å². The number of H-pyrrole nitrogens is 1. The summed E-state index contributed by atoms with van der Waals surface area (Å²) in [6.45, 7) is 12.9. The van der Waals surface area contributed by atoms with Gasteiger partial charge >= 0.3 is 19.2 Å². The van der Waals surface area contributed by atoms with Crippen LogP contribution >= 0.6 is 0 Å². The molecule has 5 heterocycles. The summed E-state index contributed by atoms with van der Waals surface area (Å²) in [7, 11) is 0.770. The monoisotopic (exact) mass is 686 g/mol. The second-order valence-electron chi connectivity index (χ2n) is 14.5. The maximum atomic E-state index is 14.2. The lowest BCUT2D eigenvalue weighted by molar-refractivity contribution is -0.135. The standard InChI is InChI=1S/C35H43BN6O8/c1-20(2)28(39-32(44)46-7)31(43)42-18-41(33(45)40-15-22-10-13-27-29(24(22)16-40)48-19-47-27)17-26(42)30-37-14-25(38-30)21-8-11-23(12-9-21)36-49-34(3,4)35(5,6)50-36/h8-14,20,26,28H,15-19H2,1-7H3,(H,37,38)(H,39,44)/t26-,28?/m0/s1. The normalized spacial score (nSPS) is 20.8. The smallest absolute Gasteiger partial charge is 0.454 e. The number of fused-ring (bicyclic) bond motifs is 3. The first-order chi connectivity index (χ1) is 23.8. The summed E-state index contributed by atoms with van der Waals surface area (Å²) in [5.74, 6) is 1.27. The molecule has 2 aromatic carbocycles. The van der Waals surface area contributed by atoms with Crippen molar-refractivity contribution in [1.82, 2.24) is 30.0 Å². The summed E-state index contributed by atoms with van der Waals surface area (Å²) in [5.41, 5.74) is 3.46. The molecule has 2 fully saturated rings. The summed E-state index contributed by atoms with van der Waals surface area (Å²) < 4.78 is 28.5. The SMILES string of the molecule is COC(=O)NC(C(=O)N1CN(C(=O)N2Cc3ccc4c(c3C2)OCO4)C[C@H]1c1nc(-c2ccc(B3OC(C)(C)C(C)(C)O3)cc2)c[nH]1)C(C)C. The third kappa shape index (κ3) is 5.91. The predicted molar refractivity (Wildman–Crippen MR) is 182 cm³/mol. The van der Waals surface area contributed by atoms with Crippen molar-refractivity contribution < 1.29 is 37.9 Å². The van der Waals surface area contributed by atoms with Crippen LogP contribution in [0.4, 0.5) is 9.59 Å². The number of ether oxygens (including phenoxy) is 3. The highest BCUT2D eigenvalue weighted by Crippen LogP contribution is 2.42. The van der Waals surface area contributed by atoms with E-state index in [0.717, 1.165) is 22.2 Å². The molecule has 2 N–H and O–H groups in total. The van der Waals surface area contributed by atoms with E-state index in [1.165, 1.54) is 7.11 Å². The van der Waals surface area contributed by atoms with Gasteiger partial charge in [-0.15, -0.1) is 0 Å². The van der Waals surface area contributed by atoms with Crippen molar-refractivity contribution in [2.24, 2.45) is 5.92 Å². The minimum Gasteiger partial charge on any atom is -0.454 e. The molecule has 0 bridgehead atoms. The van der Waals surface area contributed by atoms with Crippen LogP contribution in [0.5, 0.6) is 11.5 Å². The van der Waals surface area contributed by atoms with Crippen LogP contribution in [0.3, 0.4) is 0 Å². The Labute approximate surface area is 291 Å². The average Bonchev–Trinajstić information content (AvgIpc) is 3.91. The maximum Gasteiger partial charge on any atom is 0.494 e. The molecule has 4 aliphatic rings. The topological polar surface area (TPSA) is 148 Å². The molecule has 264 valence electrons. The fourth-order valence-corrected chi connectivity index (χ4v) is 6.75. The minimum atomic E-state index is -0.882. The lowest BCUT2D eigenvalue weighted by atomic mass is 9.79. The van der Waals surface area contributed by atoms with Crippen LogP contribution in [0.1, 0.15) is 64.5 Å². The second kappa shape index (κ2) is 12.5. The zero-order valence-electron chi connectivity index (χ0n) is 29.4. The van der Waals surface area contributed by atoms with E-state index in [2.05, 4.69) is 10.3 Å². The Balaban J connectivity index is 1.13. The van der Waals surface area contributed by atoms with Gasteiger partial charge in [0.25, 0.3) is 0 Å². The van der Waals surface area contributed by atoms with E-state index in [0.29, 0.717) is 36.1 Å². The summed E-state index contributed by atoms with van der Waals surface area (Å²) in [4.78, 5) is 53.6. The van der Waals surface area contributed by atoms with Gasteiger partial charge < -0.3 is 48.5 Å². The molecule has 3 aromatic rings. The molecule has 0 radical (unpaired) electrons. The zero-order valence-corrected chi connectivity index (χ0v) is 29.4. The van der Waals surface area contributed by atoms with Gasteiger partial charge in [-0.1, -0.05) is 44.2 Å². The predicted octanol–water partition coefficient (Wildman–Crippen LogP) is 3.76. The van der Waals surface area contributed by atoms with E-state index < -0.39 is 36.5 Å². The number of carbonyl (C=O) groups is 3. The highest BCUT2D eigenvalue weighted by Gasteiger charge is 2.51. The maximum absolute atomic E-state index is 14.2. The fourth-order valence-electron chi connectivity index (χ4n) is 6.75. The van der Waals surface area contributed by atoms with Gasteiger partial charge in [0.05, 0.1) is 43.8 Å². The van der Waals surface area contributed by atoms with Gasteiger partial charge in [-0.25, -0.2) is 14.6 Å². The molecule has 0 spiro atoms. The van der Waals surface area contributed by atoms with Crippen LogP contribution in [-0.2, 0) is 31.9 Å². The van der Waals surface area contributed by atoms with Crippen LogP contribution in [0, 0.1) is 5.92 Å². The molecular formula is C35H43BN6O8. The first kappa shape index (κ1) is 33.7. The molecule has 14 nitrogen and oxygen atoms in total. The minimum absolute atomic E-state index is 0.0117. The summed E-state index contributed by atoms with van der Waals surface area (Å²) >= 11 is 0. The number of rotatable bonds is 6. The molecule has 50 heavy (non-hydrogen) atoms. The number of aromatic amines is 1. The molecular weight excluding hydrogens is 643 g/mol. The number of benzene rings is 2. The van der Waals surface area contributed by atoms with Crippen LogP contribution in [0.25, 0.3) is 11.3 Å². The van der Waals surface area contributed by atoms with E-state index in [9.17, 15) is 14.4 Å². The van der Waals surface area contributed by atoms with E-state index in [-0.39, 0.29) is 37.9 Å². The second-order valence-corrected chi connectivity index (χ2v) is 14.5. The van der Waals surface area contributed by atoms with Gasteiger partial charge in [-0.05, 0) is 50.7 Å². The van der Waals surface area contributed by atoms with E-state index in [1.807, 2.05) is 77.9 Å². The highest BCUT2D eigenvalue weighted by molar-refractivity contribution is 6.62. The summed E-state index contributed by atoms with van der Waals surface area (Å²) in [5, 5.41) is 2.68. The number of aromatic nitrogens is 2. The van der Waals surface area contributed by atoms with Gasteiger partial charge in [0.15, 0.2) is 11.5 Å². The van der Waals surface area contributed by atoms with Gasteiger partial charge in [0.1, 0.15) is 17.9 Å². The summed E-state index contributed by atoms with van der Waals surface area (Å²) in [6.07, 6.45) is 1.08. The Kier molecular flexibility index (Phi) is 8.46.